The molecule has 0 fully saturated rings. The van der Waals surface area contributed by atoms with E-state index in [0.717, 1.165) is 43.7 Å². The number of rotatable bonds is 16. The van der Waals surface area contributed by atoms with E-state index in [4.69, 9.17) is 53.8 Å². The molecule has 0 aromatic heterocycles. The molecular formula is C62H45Cl3N2O4S. The quantitative estimate of drug-likeness (QED) is 0.0955. The van der Waals surface area contributed by atoms with Crippen molar-refractivity contribution < 1.29 is 18.9 Å². The summed E-state index contributed by atoms with van der Waals surface area (Å²) in [6, 6.07) is 76.9. The molecule has 0 aliphatic heterocycles. The third-order valence-corrected chi connectivity index (χ3v) is 13.8. The fraction of sp³-hybridized carbons (Fsp3) is 0.0323. The van der Waals surface area contributed by atoms with Crippen LogP contribution in [0.2, 0.25) is 15.1 Å². The Morgan fingerprint density at radius 1 is 0.333 bits per heavy atom. The van der Waals surface area contributed by atoms with Gasteiger partial charge in [-0.05, 0) is 122 Å². The molecule has 354 valence electrons. The maximum absolute atomic E-state index is 8.01. The summed E-state index contributed by atoms with van der Waals surface area (Å²) in [7, 11) is 0. The summed E-state index contributed by atoms with van der Waals surface area (Å²) in [6.07, 6.45) is 0. The van der Waals surface area contributed by atoms with Gasteiger partial charge in [0.05, 0.1) is 22.1 Å². The second-order valence-corrected chi connectivity index (χ2v) is 18.9. The molecule has 0 atom stereocenters. The summed E-state index contributed by atoms with van der Waals surface area (Å²) in [4.78, 5) is 5.87. The summed E-state index contributed by atoms with van der Waals surface area (Å²) in [6.45, 7) is 4.19. The molecule has 0 heterocycles. The molecule has 0 spiro atoms. The molecule has 0 aliphatic carbocycles. The zero-order valence-corrected chi connectivity index (χ0v) is 42.2. The number of para-hydroxylation sites is 7. The van der Waals surface area contributed by atoms with E-state index in [1.807, 2.05) is 182 Å². The maximum atomic E-state index is 8.01. The lowest BCUT2D eigenvalue weighted by molar-refractivity contribution is 0.458. The van der Waals surface area contributed by atoms with Gasteiger partial charge >= 0.3 is 0 Å². The zero-order chi connectivity index (χ0) is 49.4. The molecular weight excluding hydrogens is 975 g/mol. The molecule has 0 unspecified atom stereocenters. The van der Waals surface area contributed by atoms with Crippen LogP contribution in [0.25, 0.3) is 0 Å². The number of hydrogen-bond acceptors (Lipinski definition) is 7. The average molecular weight is 1020 g/mol. The Bertz CT molecular complexity index is 3260. The molecule has 72 heavy (non-hydrogen) atoms. The smallest absolute Gasteiger partial charge is 0.151 e. The van der Waals surface area contributed by atoms with E-state index < -0.39 is 0 Å². The van der Waals surface area contributed by atoms with Crippen LogP contribution in [-0.4, -0.2) is 0 Å². The third-order valence-electron chi connectivity index (χ3n) is 11.5. The van der Waals surface area contributed by atoms with Crippen LogP contribution in [0, 0.1) is 13.8 Å². The fourth-order valence-electron chi connectivity index (χ4n) is 8.26. The highest BCUT2D eigenvalue weighted by atomic mass is 35.5. The predicted molar refractivity (Wildman–Crippen MR) is 297 cm³/mol. The lowest BCUT2D eigenvalue weighted by atomic mass is 10.0. The Morgan fingerprint density at radius 3 is 1.07 bits per heavy atom. The van der Waals surface area contributed by atoms with Crippen LogP contribution in [0.15, 0.2) is 246 Å². The van der Waals surface area contributed by atoms with E-state index in [-0.39, 0.29) is 0 Å². The van der Waals surface area contributed by atoms with Gasteiger partial charge in [0.1, 0.15) is 33.0 Å². The normalized spacial score (nSPS) is 10.9. The van der Waals surface area contributed by atoms with Crippen molar-refractivity contribution in [3.63, 3.8) is 0 Å². The van der Waals surface area contributed by atoms with E-state index in [1.165, 1.54) is 11.8 Å². The number of benzene rings is 10. The van der Waals surface area contributed by atoms with Crippen LogP contribution in [0.4, 0.5) is 34.1 Å². The summed E-state index contributed by atoms with van der Waals surface area (Å²) in [5, 5.41) is 1.08. The van der Waals surface area contributed by atoms with E-state index >= 15 is 0 Å². The van der Waals surface area contributed by atoms with Gasteiger partial charge in [-0.2, -0.15) is 0 Å². The summed E-state index contributed by atoms with van der Waals surface area (Å²) in [5.74, 6) is 4.05. The van der Waals surface area contributed by atoms with Crippen molar-refractivity contribution in [2.24, 2.45) is 0 Å². The number of aryl methyl sites for hydroxylation is 2. The summed E-state index contributed by atoms with van der Waals surface area (Å²) in [5.41, 5.74) is 6.97. The number of nitrogens with zero attached hydrogens (tertiary/aromatic N) is 2. The van der Waals surface area contributed by atoms with Gasteiger partial charge in [-0.15, -0.1) is 0 Å². The monoisotopic (exact) mass is 1020 g/mol. The van der Waals surface area contributed by atoms with E-state index in [1.54, 1.807) is 0 Å². The first-order valence-electron chi connectivity index (χ1n) is 23.1. The number of anilines is 6. The highest BCUT2D eigenvalue weighted by Gasteiger charge is 2.28. The van der Waals surface area contributed by atoms with Crippen LogP contribution in [0.1, 0.15) is 11.1 Å². The third kappa shape index (κ3) is 10.9. The Kier molecular flexibility index (Phi) is 14.7. The van der Waals surface area contributed by atoms with Crippen LogP contribution >= 0.6 is 46.6 Å². The van der Waals surface area contributed by atoms with Crippen molar-refractivity contribution in [1.82, 2.24) is 0 Å². The molecule has 10 rings (SSSR count). The average Bonchev–Trinajstić information content (AvgIpc) is 3.40. The number of halogens is 3. The Hall–Kier alpha value is -7.78. The van der Waals surface area contributed by atoms with Gasteiger partial charge in [0.2, 0.25) is 0 Å². The van der Waals surface area contributed by atoms with Gasteiger partial charge in [0.25, 0.3) is 0 Å². The van der Waals surface area contributed by atoms with E-state index in [0.29, 0.717) is 72.4 Å². The molecule has 0 amide bonds. The minimum Gasteiger partial charge on any atom is -0.456 e. The topological polar surface area (TPSA) is 43.4 Å². The zero-order valence-electron chi connectivity index (χ0n) is 39.1. The van der Waals surface area contributed by atoms with Crippen molar-refractivity contribution in [2.75, 3.05) is 9.80 Å². The highest BCUT2D eigenvalue weighted by molar-refractivity contribution is 7.99. The van der Waals surface area contributed by atoms with Crippen molar-refractivity contribution in [1.29, 1.82) is 0 Å². The number of hydrogen-bond donors (Lipinski definition) is 0. The second-order valence-electron chi connectivity index (χ2n) is 16.6. The second kappa shape index (κ2) is 22.1. The minimum atomic E-state index is 0.299. The molecule has 0 saturated heterocycles. The molecule has 0 radical (unpaired) electrons. The van der Waals surface area contributed by atoms with Gasteiger partial charge in [-0.3, -0.25) is 0 Å². The van der Waals surface area contributed by atoms with Crippen LogP contribution in [-0.2, 0) is 0 Å². The minimum absolute atomic E-state index is 0.299. The first-order chi connectivity index (χ1) is 35.3. The highest BCUT2D eigenvalue weighted by Crippen LogP contribution is 2.53. The van der Waals surface area contributed by atoms with Crippen molar-refractivity contribution in [3.05, 3.63) is 263 Å². The maximum Gasteiger partial charge on any atom is 0.151 e. The van der Waals surface area contributed by atoms with Crippen molar-refractivity contribution in [3.8, 4) is 46.0 Å². The van der Waals surface area contributed by atoms with Gasteiger partial charge in [0, 0.05) is 39.0 Å². The van der Waals surface area contributed by atoms with E-state index in [9.17, 15) is 0 Å². The van der Waals surface area contributed by atoms with Crippen LogP contribution < -0.4 is 28.7 Å². The molecule has 6 nitrogen and oxygen atoms in total. The molecule has 0 N–H and O–H groups in total. The first kappa shape index (κ1) is 47.9. The SMILES string of the molecule is Cc1cccc(C)c1N(c1cc(Oc2ccccc2)c(Cl)c(Oc2ccccc2)c1)c1cc(N(c2ccccc2)c2ccccc2)cc(Sc2cc(Oc3ccccc3)c(Cl)c(Oc3ccccc3)c2)c1Cl. The lowest BCUT2D eigenvalue weighted by Crippen LogP contribution is -2.16. The van der Waals surface area contributed by atoms with Gasteiger partial charge in [-0.25, -0.2) is 0 Å². The molecule has 10 aromatic carbocycles. The summed E-state index contributed by atoms with van der Waals surface area (Å²) >= 11 is 23.9. The lowest BCUT2D eigenvalue weighted by Gasteiger charge is -2.33. The van der Waals surface area contributed by atoms with Crippen LogP contribution in [0.3, 0.4) is 0 Å². The van der Waals surface area contributed by atoms with E-state index in [2.05, 4.69) is 78.2 Å². The predicted octanol–water partition coefficient (Wildman–Crippen LogP) is 20.5. The van der Waals surface area contributed by atoms with Gasteiger partial charge in [0.15, 0.2) is 23.0 Å². The molecule has 0 bridgehead atoms. The Balaban J connectivity index is 1.22. The molecule has 10 aromatic rings. The molecule has 0 saturated carbocycles. The number of ether oxygens (including phenoxy) is 4. The van der Waals surface area contributed by atoms with Crippen molar-refractivity contribution >= 4 is 80.7 Å². The van der Waals surface area contributed by atoms with Gasteiger partial charge in [-0.1, -0.05) is 174 Å². The van der Waals surface area contributed by atoms with Gasteiger partial charge < -0.3 is 28.7 Å². The first-order valence-corrected chi connectivity index (χ1v) is 25.1. The Morgan fingerprint density at radius 2 is 0.681 bits per heavy atom. The largest absolute Gasteiger partial charge is 0.456 e. The summed E-state index contributed by atoms with van der Waals surface area (Å²) < 4.78 is 26.2. The van der Waals surface area contributed by atoms with Crippen molar-refractivity contribution in [2.45, 2.75) is 23.6 Å². The van der Waals surface area contributed by atoms with Crippen LogP contribution in [0.5, 0.6) is 46.0 Å². The fourth-order valence-corrected chi connectivity index (χ4v) is 9.91. The standard InChI is InChI=1S/C62H45Cl3N2O4S/c1-42-22-21-23-43(2)62(42)67(47-37-54(68-48-28-13-5-14-29-48)60(64)55(38-47)69-49-30-15-6-16-31-49)53-36-46(66(44-24-9-3-10-25-44)45-26-11-4-12-27-45)39-58(59(53)63)72-52-40-56(70-50-32-17-7-18-33-50)61(65)57(41-52)71-51-34-19-8-20-35-51/h3-41H,1-2H3. The Labute approximate surface area is 439 Å². The molecule has 10 heteroatoms. The molecule has 0 aliphatic rings.